The number of nitrogens with one attached hydrogen (secondary N) is 1. The topological polar surface area (TPSA) is 51.2 Å². The molecule has 0 aliphatic rings. The number of nitrogens with zero attached hydrogens (tertiary/aromatic N) is 1. The molecule has 2 aromatic carbocycles. The van der Waals surface area contributed by atoms with Gasteiger partial charge in [-0.3, -0.25) is 9.78 Å². The van der Waals surface area contributed by atoms with Crippen molar-refractivity contribution in [2.45, 2.75) is 24.8 Å². The first kappa shape index (κ1) is 27.1. The van der Waals surface area contributed by atoms with Gasteiger partial charge in [-0.2, -0.15) is 30.7 Å². The maximum Gasteiger partial charge on any atom is 0.461 e. The Labute approximate surface area is 201 Å². The Morgan fingerprint density at radius 2 is 1.67 bits per heavy atom. The van der Waals surface area contributed by atoms with E-state index in [-0.39, 0.29) is 22.3 Å². The Morgan fingerprint density at radius 1 is 0.972 bits per heavy atom. The Bertz CT molecular complexity index is 1250. The van der Waals surface area contributed by atoms with E-state index in [2.05, 4.69) is 15.0 Å². The van der Waals surface area contributed by atoms with Gasteiger partial charge in [0.1, 0.15) is 17.4 Å². The summed E-state index contributed by atoms with van der Waals surface area (Å²) in [5.74, 6) is -5.12. The zero-order valence-electron chi connectivity index (χ0n) is 17.4. The van der Waals surface area contributed by atoms with Crippen LogP contribution in [-0.2, 0) is 6.18 Å². The molecule has 1 heterocycles. The highest BCUT2D eigenvalue weighted by molar-refractivity contribution is 6.30. The molecule has 192 valence electrons. The van der Waals surface area contributed by atoms with Gasteiger partial charge in [0.2, 0.25) is 0 Å². The number of rotatable bonds is 7. The Hall–Kier alpha value is -3.48. The van der Waals surface area contributed by atoms with Crippen molar-refractivity contribution in [2.75, 3.05) is 0 Å². The van der Waals surface area contributed by atoms with Crippen molar-refractivity contribution >= 4 is 17.5 Å². The molecule has 1 atom stereocenters. The minimum absolute atomic E-state index is 0.0944. The predicted molar refractivity (Wildman–Crippen MR) is 108 cm³/mol. The van der Waals surface area contributed by atoms with Crippen LogP contribution in [0.3, 0.4) is 0 Å². The quantitative estimate of drug-likeness (QED) is 0.335. The SMILES string of the molecule is O=C(N[C@@H](c1cc(F)cc(OC(F)(F)C(F)F)c1)c1ccc(Cl)cn1)c1ccc(F)c(C(F)(F)F)c1. The fourth-order valence-corrected chi connectivity index (χ4v) is 3.11. The van der Waals surface area contributed by atoms with Gasteiger partial charge in [-0.05, 0) is 48.0 Å². The van der Waals surface area contributed by atoms with Gasteiger partial charge in [-0.25, -0.2) is 8.78 Å². The van der Waals surface area contributed by atoms with Gasteiger partial charge < -0.3 is 10.1 Å². The minimum Gasteiger partial charge on any atom is -0.428 e. The number of halogens is 10. The summed E-state index contributed by atoms with van der Waals surface area (Å²) in [5.41, 5.74) is -2.83. The van der Waals surface area contributed by atoms with Gasteiger partial charge in [0.15, 0.2) is 0 Å². The molecule has 0 bridgehead atoms. The summed E-state index contributed by atoms with van der Waals surface area (Å²) >= 11 is 5.77. The Morgan fingerprint density at radius 3 is 2.25 bits per heavy atom. The average Bonchev–Trinajstić information content (AvgIpc) is 2.76. The Kier molecular flexibility index (Phi) is 7.72. The van der Waals surface area contributed by atoms with Crippen molar-refractivity contribution in [2.24, 2.45) is 0 Å². The number of pyridine rings is 1. The molecule has 1 amide bonds. The van der Waals surface area contributed by atoms with E-state index >= 15 is 0 Å². The van der Waals surface area contributed by atoms with E-state index in [0.717, 1.165) is 18.3 Å². The molecular formula is C22H12ClF9N2O2. The van der Waals surface area contributed by atoms with Gasteiger partial charge in [0.25, 0.3) is 5.91 Å². The van der Waals surface area contributed by atoms with E-state index in [1.165, 1.54) is 12.1 Å². The van der Waals surface area contributed by atoms with Crippen molar-refractivity contribution < 1.29 is 49.0 Å². The van der Waals surface area contributed by atoms with Crippen LogP contribution in [0.5, 0.6) is 5.75 Å². The fourth-order valence-electron chi connectivity index (χ4n) is 3.00. The lowest BCUT2D eigenvalue weighted by Gasteiger charge is -2.22. The van der Waals surface area contributed by atoms with Crippen molar-refractivity contribution in [1.29, 1.82) is 0 Å². The first-order valence-electron chi connectivity index (χ1n) is 9.62. The van der Waals surface area contributed by atoms with E-state index in [1.54, 1.807) is 0 Å². The first-order valence-corrected chi connectivity index (χ1v) is 9.99. The molecule has 1 aromatic heterocycles. The molecule has 3 rings (SSSR count). The highest BCUT2D eigenvalue weighted by Gasteiger charge is 2.44. The van der Waals surface area contributed by atoms with E-state index in [9.17, 15) is 44.3 Å². The summed E-state index contributed by atoms with van der Waals surface area (Å²) in [6, 6.07) is 4.18. The summed E-state index contributed by atoms with van der Waals surface area (Å²) in [6.45, 7) is 0. The van der Waals surface area contributed by atoms with Crippen LogP contribution in [0.15, 0.2) is 54.7 Å². The number of hydrogen-bond donors (Lipinski definition) is 1. The van der Waals surface area contributed by atoms with Gasteiger partial charge in [-0.15, -0.1) is 0 Å². The van der Waals surface area contributed by atoms with Crippen LogP contribution in [-0.4, -0.2) is 23.4 Å². The number of hydrogen-bond acceptors (Lipinski definition) is 3. The lowest BCUT2D eigenvalue weighted by molar-refractivity contribution is -0.253. The van der Waals surface area contributed by atoms with E-state index in [4.69, 9.17) is 11.6 Å². The lowest BCUT2D eigenvalue weighted by atomic mass is 10.0. The van der Waals surface area contributed by atoms with Crippen LogP contribution >= 0.6 is 11.6 Å². The lowest BCUT2D eigenvalue weighted by Crippen LogP contribution is -2.34. The fraction of sp³-hybridized carbons (Fsp3) is 0.182. The minimum atomic E-state index is -5.12. The Balaban J connectivity index is 2.04. The molecule has 1 N–H and O–H groups in total. The van der Waals surface area contributed by atoms with Gasteiger partial charge in [0.05, 0.1) is 22.3 Å². The summed E-state index contributed by atoms with van der Waals surface area (Å²) in [4.78, 5) is 16.7. The maximum atomic E-state index is 14.2. The highest BCUT2D eigenvalue weighted by atomic mass is 35.5. The molecule has 0 unspecified atom stereocenters. The van der Waals surface area contributed by atoms with E-state index < -0.39 is 59.2 Å². The maximum absolute atomic E-state index is 14.2. The molecule has 3 aromatic rings. The third kappa shape index (κ3) is 6.39. The van der Waals surface area contributed by atoms with Crippen LogP contribution in [0.25, 0.3) is 0 Å². The summed E-state index contributed by atoms with van der Waals surface area (Å²) in [5, 5.41) is 2.35. The molecule has 0 saturated heterocycles. The zero-order chi connectivity index (χ0) is 26.8. The normalized spacial score (nSPS) is 13.0. The first-order chi connectivity index (χ1) is 16.7. The molecule has 0 spiro atoms. The molecule has 0 saturated carbocycles. The van der Waals surface area contributed by atoms with Crippen LogP contribution in [0.2, 0.25) is 5.02 Å². The third-order valence-electron chi connectivity index (χ3n) is 4.59. The van der Waals surface area contributed by atoms with Crippen LogP contribution in [0.1, 0.15) is 33.2 Å². The largest absolute Gasteiger partial charge is 0.461 e. The number of carbonyl (C=O) groups excluding carboxylic acids is 1. The van der Waals surface area contributed by atoms with Crippen molar-refractivity contribution in [3.05, 3.63) is 93.8 Å². The number of ether oxygens (including phenoxy) is 1. The molecule has 0 aliphatic carbocycles. The molecule has 0 radical (unpaired) electrons. The number of amides is 1. The van der Waals surface area contributed by atoms with Crippen LogP contribution in [0, 0.1) is 11.6 Å². The van der Waals surface area contributed by atoms with Crippen molar-refractivity contribution in [1.82, 2.24) is 10.3 Å². The second-order valence-corrected chi connectivity index (χ2v) is 7.62. The second kappa shape index (κ2) is 10.2. The molecule has 0 fully saturated rings. The monoisotopic (exact) mass is 542 g/mol. The molecule has 36 heavy (non-hydrogen) atoms. The number of benzene rings is 2. The van der Waals surface area contributed by atoms with E-state index in [1.807, 2.05) is 0 Å². The standard InChI is InChI=1S/C22H12ClF9N2O2/c23-12-2-4-17(33-9-12)18(11-5-13(24)8-14(6-11)36-22(31,32)20(26)27)34-19(35)10-1-3-16(25)15(7-10)21(28,29)30/h1-9,18,20H,(H,34,35)/t18-/m0/s1. The number of alkyl halides is 7. The summed E-state index contributed by atoms with van der Waals surface area (Å²) in [6.07, 6.45) is -13.3. The van der Waals surface area contributed by atoms with Crippen LogP contribution < -0.4 is 10.1 Å². The van der Waals surface area contributed by atoms with Gasteiger partial charge in [-0.1, -0.05) is 11.6 Å². The summed E-state index contributed by atoms with van der Waals surface area (Å²) < 4.78 is 123. The number of aromatic nitrogens is 1. The van der Waals surface area contributed by atoms with Crippen LogP contribution in [0.4, 0.5) is 39.5 Å². The van der Waals surface area contributed by atoms with Gasteiger partial charge in [0, 0.05) is 17.8 Å². The zero-order valence-corrected chi connectivity index (χ0v) is 18.2. The summed E-state index contributed by atoms with van der Waals surface area (Å²) in [7, 11) is 0. The molecule has 4 nitrogen and oxygen atoms in total. The molecular weight excluding hydrogens is 531 g/mol. The average molecular weight is 543 g/mol. The highest BCUT2D eigenvalue weighted by Crippen LogP contribution is 2.33. The second-order valence-electron chi connectivity index (χ2n) is 7.18. The molecule has 14 heteroatoms. The third-order valence-corrected chi connectivity index (χ3v) is 4.81. The van der Waals surface area contributed by atoms with E-state index in [0.29, 0.717) is 18.2 Å². The molecule has 0 aliphatic heterocycles. The smallest absolute Gasteiger partial charge is 0.428 e. The van der Waals surface area contributed by atoms with Gasteiger partial charge >= 0.3 is 18.7 Å². The predicted octanol–water partition coefficient (Wildman–Crippen LogP) is 6.79. The van der Waals surface area contributed by atoms with Crippen molar-refractivity contribution in [3.8, 4) is 5.75 Å². The number of carbonyl (C=O) groups is 1. The van der Waals surface area contributed by atoms with Crippen molar-refractivity contribution in [3.63, 3.8) is 0 Å².